The number of nitrogens with zero attached hydrogens (tertiary/aromatic N) is 6. The van der Waals surface area contributed by atoms with Crippen molar-refractivity contribution in [1.29, 1.82) is 0 Å². The first-order chi connectivity index (χ1) is 17.6. The van der Waals surface area contributed by atoms with Gasteiger partial charge in [-0.1, -0.05) is 11.2 Å². The number of anilines is 1. The predicted molar refractivity (Wildman–Crippen MR) is 118 cm³/mol. The van der Waals surface area contributed by atoms with Crippen molar-refractivity contribution in [1.82, 2.24) is 24.9 Å². The Bertz CT molecular complexity index is 1380. The molecule has 4 heterocycles. The highest BCUT2D eigenvalue weighted by Gasteiger charge is 2.53. The molecule has 0 amide bonds. The summed E-state index contributed by atoms with van der Waals surface area (Å²) in [5.74, 6) is -7.56. The lowest BCUT2D eigenvalue weighted by molar-refractivity contribution is -0.187. The molecule has 37 heavy (non-hydrogen) atoms. The normalized spacial score (nSPS) is 20.2. The molecular weight excluding hydrogens is 503 g/mol. The summed E-state index contributed by atoms with van der Waals surface area (Å²) < 4.78 is 75.6. The third kappa shape index (κ3) is 4.82. The van der Waals surface area contributed by atoms with Gasteiger partial charge in [-0.25, -0.2) is 18.7 Å². The molecule has 1 aliphatic carbocycles. The molecule has 5 rings (SSSR count). The third-order valence-electron chi connectivity index (χ3n) is 6.30. The topological polar surface area (TPSA) is 110 Å². The van der Waals surface area contributed by atoms with E-state index in [0.717, 1.165) is 11.1 Å². The fraction of sp³-hybridized carbons (Fsp3) is 0.348. The Morgan fingerprint density at radius 2 is 1.95 bits per heavy atom. The number of rotatable bonds is 6. The van der Waals surface area contributed by atoms with Gasteiger partial charge < -0.3 is 14.5 Å². The molecule has 2 aliphatic rings. The Morgan fingerprint density at radius 1 is 1.16 bits per heavy atom. The molecule has 14 heteroatoms. The molecule has 9 nitrogen and oxygen atoms in total. The van der Waals surface area contributed by atoms with Crippen molar-refractivity contribution < 1.29 is 36.4 Å². The number of hydrogen-bond donors (Lipinski definition) is 1. The second kappa shape index (κ2) is 9.41. The first-order valence-corrected chi connectivity index (χ1v) is 11.2. The molecular formula is C23H19F5N6O3. The number of carbonyl (C=O) groups is 1. The van der Waals surface area contributed by atoms with Crippen LogP contribution in [0.15, 0.2) is 52.7 Å². The van der Waals surface area contributed by atoms with Gasteiger partial charge in [0, 0.05) is 24.7 Å². The van der Waals surface area contributed by atoms with Gasteiger partial charge in [0.2, 0.25) is 0 Å². The number of halogens is 5. The summed E-state index contributed by atoms with van der Waals surface area (Å²) in [6.07, 6.45) is 1.80. The molecule has 0 spiro atoms. The van der Waals surface area contributed by atoms with E-state index in [1.807, 2.05) is 0 Å². The molecule has 1 N–H and O–H groups in total. The van der Waals surface area contributed by atoms with Gasteiger partial charge in [-0.05, 0) is 25.0 Å². The molecule has 0 radical (unpaired) electrons. The summed E-state index contributed by atoms with van der Waals surface area (Å²) >= 11 is 0. The highest BCUT2D eigenvalue weighted by molar-refractivity contribution is 5.73. The quantitative estimate of drug-likeness (QED) is 0.475. The second-order valence-corrected chi connectivity index (χ2v) is 8.68. The minimum absolute atomic E-state index is 0.0399. The molecule has 1 aliphatic heterocycles. The van der Waals surface area contributed by atoms with Gasteiger partial charge in [0.05, 0.1) is 30.3 Å². The number of alkyl halides is 3. The summed E-state index contributed by atoms with van der Waals surface area (Å²) in [5, 5.41) is 17.6. The van der Waals surface area contributed by atoms with E-state index < -0.39 is 48.7 Å². The average Bonchev–Trinajstić information content (AvgIpc) is 3.60. The second-order valence-electron chi connectivity index (χ2n) is 8.68. The van der Waals surface area contributed by atoms with Crippen molar-refractivity contribution in [2.45, 2.75) is 25.6 Å². The maximum atomic E-state index is 14.7. The number of aliphatic carboxylic acids is 1. The predicted octanol–water partition coefficient (Wildman–Crippen LogP) is 4.41. The van der Waals surface area contributed by atoms with Crippen LogP contribution in [0.2, 0.25) is 0 Å². The minimum Gasteiger partial charge on any atom is -0.481 e. The van der Waals surface area contributed by atoms with Gasteiger partial charge in [-0.15, -0.1) is 0 Å². The molecule has 0 aromatic carbocycles. The van der Waals surface area contributed by atoms with Crippen molar-refractivity contribution >= 4 is 11.8 Å². The van der Waals surface area contributed by atoms with Crippen molar-refractivity contribution in [2.75, 3.05) is 18.0 Å². The first-order valence-electron chi connectivity index (χ1n) is 11.2. The van der Waals surface area contributed by atoms with E-state index in [2.05, 4.69) is 20.2 Å². The fourth-order valence-electron chi connectivity index (χ4n) is 4.46. The lowest BCUT2D eigenvalue weighted by atomic mass is 9.96. The van der Waals surface area contributed by atoms with Crippen LogP contribution in [0.1, 0.15) is 12.8 Å². The van der Waals surface area contributed by atoms with Crippen molar-refractivity contribution in [2.24, 2.45) is 11.8 Å². The molecule has 194 valence electrons. The van der Waals surface area contributed by atoms with Crippen LogP contribution >= 0.6 is 0 Å². The summed E-state index contributed by atoms with van der Waals surface area (Å²) in [6.45, 7) is -1.31. The van der Waals surface area contributed by atoms with Crippen LogP contribution < -0.4 is 4.90 Å². The van der Waals surface area contributed by atoms with Gasteiger partial charge in [-0.3, -0.25) is 9.48 Å². The number of aromatic nitrogens is 5. The Balaban J connectivity index is 1.50. The largest absolute Gasteiger partial charge is 0.481 e. The summed E-state index contributed by atoms with van der Waals surface area (Å²) in [5.41, 5.74) is 1.32. The number of carboxylic acids is 1. The zero-order valence-electron chi connectivity index (χ0n) is 19.0. The summed E-state index contributed by atoms with van der Waals surface area (Å²) in [7, 11) is 0. The van der Waals surface area contributed by atoms with Crippen LogP contribution in [0, 0.1) is 17.7 Å². The van der Waals surface area contributed by atoms with Gasteiger partial charge in [0.1, 0.15) is 23.5 Å². The summed E-state index contributed by atoms with van der Waals surface area (Å²) in [6, 6.07) is 3.08. The van der Waals surface area contributed by atoms with Gasteiger partial charge >= 0.3 is 12.1 Å². The SMILES string of the molecule is O=C(O)[C@@H]1CN(c2nc(-c3cc(-c4ccon4)n(CC4=CCCC=C4F)n3)ncc2F)C[C@H]1C(F)(F)F. The molecule has 0 bridgehead atoms. The molecule has 3 aromatic rings. The van der Waals surface area contributed by atoms with Crippen molar-refractivity contribution in [3.8, 4) is 22.9 Å². The molecule has 1 saturated heterocycles. The standard InChI is InChI=1S/C23H19F5N6O3/c24-15-4-2-1-3-12(15)9-34-19(17-5-6-37-32-17)7-18(31-34)20-29-8-16(25)21(30-20)33-10-13(22(35)36)14(11-33)23(26,27)28/h3-8,13-14H,1-2,9-11H2,(H,35,36)/t13-,14-/m1/s1. The van der Waals surface area contributed by atoms with Crippen LogP contribution in [0.25, 0.3) is 22.9 Å². The van der Waals surface area contributed by atoms with Gasteiger partial charge in [0.15, 0.2) is 17.5 Å². The monoisotopic (exact) mass is 522 g/mol. The van der Waals surface area contributed by atoms with E-state index in [9.17, 15) is 31.9 Å². The van der Waals surface area contributed by atoms with Crippen LogP contribution in [-0.2, 0) is 11.3 Å². The van der Waals surface area contributed by atoms with Crippen molar-refractivity contribution in [3.63, 3.8) is 0 Å². The van der Waals surface area contributed by atoms with Crippen LogP contribution in [-0.4, -0.2) is 55.2 Å². The number of hydrogen-bond acceptors (Lipinski definition) is 7. The minimum atomic E-state index is -4.78. The Labute approximate surface area is 205 Å². The Kier molecular flexibility index (Phi) is 6.25. The van der Waals surface area contributed by atoms with E-state index in [0.29, 0.717) is 29.8 Å². The molecule has 3 aromatic heterocycles. The molecule has 0 unspecified atom stereocenters. The molecule has 0 saturated carbocycles. The van der Waals surface area contributed by atoms with E-state index >= 15 is 0 Å². The number of carboxylic acid groups (broad SMARTS) is 1. The van der Waals surface area contributed by atoms with Crippen LogP contribution in [0.4, 0.5) is 27.8 Å². The van der Waals surface area contributed by atoms with E-state index in [1.165, 1.54) is 23.1 Å². The average molecular weight is 522 g/mol. The molecule has 1 fully saturated rings. The van der Waals surface area contributed by atoms with E-state index in [-0.39, 0.29) is 23.9 Å². The zero-order chi connectivity index (χ0) is 26.3. The van der Waals surface area contributed by atoms with Crippen molar-refractivity contribution in [3.05, 3.63) is 54.0 Å². The number of allylic oxidation sites excluding steroid dienone is 4. The zero-order valence-corrected chi connectivity index (χ0v) is 19.0. The maximum Gasteiger partial charge on any atom is 0.394 e. The fourth-order valence-corrected chi connectivity index (χ4v) is 4.46. The third-order valence-corrected chi connectivity index (χ3v) is 6.30. The van der Waals surface area contributed by atoms with E-state index in [4.69, 9.17) is 4.52 Å². The van der Waals surface area contributed by atoms with E-state index in [1.54, 1.807) is 12.1 Å². The smallest absolute Gasteiger partial charge is 0.394 e. The highest BCUT2D eigenvalue weighted by Crippen LogP contribution is 2.40. The highest BCUT2D eigenvalue weighted by atomic mass is 19.4. The Hall–Kier alpha value is -4.10. The van der Waals surface area contributed by atoms with Crippen LogP contribution in [0.5, 0.6) is 0 Å². The Morgan fingerprint density at radius 3 is 2.59 bits per heavy atom. The maximum absolute atomic E-state index is 14.7. The first kappa shape index (κ1) is 24.6. The van der Waals surface area contributed by atoms with Crippen LogP contribution in [0.3, 0.4) is 0 Å². The summed E-state index contributed by atoms with van der Waals surface area (Å²) in [4.78, 5) is 20.4. The molecule has 2 atom stereocenters. The van der Waals surface area contributed by atoms with Gasteiger partial charge in [-0.2, -0.15) is 18.3 Å². The lowest BCUT2D eigenvalue weighted by Crippen LogP contribution is -2.33. The van der Waals surface area contributed by atoms with Gasteiger partial charge in [0.25, 0.3) is 0 Å². The lowest BCUT2D eigenvalue weighted by Gasteiger charge is -2.19.